The van der Waals surface area contributed by atoms with Crippen LogP contribution in [0.3, 0.4) is 0 Å². The first-order valence-corrected chi connectivity index (χ1v) is 5.49. The van der Waals surface area contributed by atoms with Crippen LogP contribution in [0.4, 0.5) is 0 Å². The molecule has 0 spiro atoms. The lowest BCUT2D eigenvalue weighted by atomic mass is 10.2. The van der Waals surface area contributed by atoms with Gasteiger partial charge in [0.15, 0.2) is 5.96 Å². The second kappa shape index (κ2) is 6.27. The third-order valence-corrected chi connectivity index (χ3v) is 2.61. The number of nitrogens with zero attached hydrogens (tertiary/aromatic N) is 1. The van der Waals surface area contributed by atoms with Crippen LogP contribution in [-0.4, -0.2) is 31.5 Å². The van der Waals surface area contributed by atoms with E-state index in [0.29, 0.717) is 25.0 Å². The van der Waals surface area contributed by atoms with Crippen molar-refractivity contribution in [2.45, 2.75) is 38.1 Å². The molecule has 0 unspecified atom stereocenters. The first kappa shape index (κ1) is 11.8. The molecule has 15 heavy (non-hydrogen) atoms. The molecule has 0 heterocycles. The van der Waals surface area contributed by atoms with Crippen molar-refractivity contribution < 1.29 is 4.79 Å². The average Bonchev–Trinajstić information content (AvgIpc) is 2.70. The van der Waals surface area contributed by atoms with Crippen molar-refractivity contribution in [3.8, 4) is 0 Å². The van der Waals surface area contributed by atoms with Gasteiger partial charge in [-0.25, -0.2) is 0 Å². The number of hydrogen-bond acceptors (Lipinski definition) is 2. The molecule has 5 nitrogen and oxygen atoms in total. The van der Waals surface area contributed by atoms with E-state index in [-0.39, 0.29) is 5.91 Å². The molecule has 0 bridgehead atoms. The fourth-order valence-corrected chi connectivity index (χ4v) is 1.73. The normalized spacial score (nSPS) is 17.8. The van der Waals surface area contributed by atoms with Gasteiger partial charge in [-0.05, 0) is 12.8 Å². The van der Waals surface area contributed by atoms with Crippen molar-refractivity contribution in [3.63, 3.8) is 0 Å². The van der Waals surface area contributed by atoms with E-state index in [2.05, 4.69) is 15.6 Å². The molecule has 1 aliphatic rings. The molecule has 0 radical (unpaired) electrons. The number of amides is 1. The van der Waals surface area contributed by atoms with E-state index in [4.69, 9.17) is 5.73 Å². The summed E-state index contributed by atoms with van der Waals surface area (Å²) < 4.78 is 0. The molecule has 0 aromatic rings. The predicted octanol–water partition coefficient (Wildman–Crippen LogP) is -0.0306. The van der Waals surface area contributed by atoms with Crippen LogP contribution in [0.1, 0.15) is 32.1 Å². The van der Waals surface area contributed by atoms with Gasteiger partial charge in [0.05, 0.1) is 6.54 Å². The molecular weight excluding hydrogens is 192 g/mol. The largest absolute Gasteiger partial charge is 0.370 e. The zero-order valence-electron chi connectivity index (χ0n) is 9.25. The van der Waals surface area contributed by atoms with Crippen molar-refractivity contribution in [1.82, 2.24) is 10.6 Å². The van der Waals surface area contributed by atoms with Gasteiger partial charge in [-0.2, -0.15) is 0 Å². The highest BCUT2D eigenvalue weighted by Gasteiger charge is 2.14. The number of nitrogens with one attached hydrogen (secondary N) is 2. The van der Waals surface area contributed by atoms with Crippen LogP contribution in [0.2, 0.25) is 0 Å². The summed E-state index contributed by atoms with van der Waals surface area (Å²) in [5.74, 6) is 0.457. The molecule has 0 aromatic carbocycles. The minimum atomic E-state index is -0.00702. The topological polar surface area (TPSA) is 79.5 Å². The summed E-state index contributed by atoms with van der Waals surface area (Å²) in [6.07, 6.45) is 5.27. The second-order valence-electron chi connectivity index (χ2n) is 3.82. The summed E-state index contributed by atoms with van der Waals surface area (Å²) in [5, 5.41) is 5.71. The highest BCUT2D eigenvalue weighted by Crippen LogP contribution is 2.17. The summed E-state index contributed by atoms with van der Waals surface area (Å²) >= 11 is 0. The molecule has 1 aliphatic carbocycles. The fraction of sp³-hybridized carbons (Fsp3) is 0.800. The van der Waals surface area contributed by atoms with Crippen LogP contribution in [0, 0.1) is 0 Å². The van der Waals surface area contributed by atoms with Crippen molar-refractivity contribution in [1.29, 1.82) is 0 Å². The molecule has 4 N–H and O–H groups in total. The summed E-state index contributed by atoms with van der Waals surface area (Å²) in [4.78, 5) is 15.0. The number of rotatable bonds is 4. The number of hydrogen-bond donors (Lipinski definition) is 3. The maximum atomic E-state index is 10.9. The third kappa shape index (κ3) is 4.67. The summed E-state index contributed by atoms with van der Waals surface area (Å²) in [7, 11) is 1.62. The Morgan fingerprint density at radius 3 is 2.73 bits per heavy atom. The smallest absolute Gasteiger partial charge is 0.221 e. The first-order chi connectivity index (χ1) is 7.22. The zero-order valence-corrected chi connectivity index (χ0v) is 9.25. The number of carbonyl (C=O) groups is 1. The molecule has 1 fully saturated rings. The minimum absolute atomic E-state index is 0.00702. The Kier molecular flexibility index (Phi) is 4.93. The fourth-order valence-electron chi connectivity index (χ4n) is 1.73. The van der Waals surface area contributed by atoms with Crippen LogP contribution in [0.25, 0.3) is 0 Å². The molecule has 0 atom stereocenters. The van der Waals surface area contributed by atoms with Gasteiger partial charge in [0.25, 0.3) is 0 Å². The van der Waals surface area contributed by atoms with Gasteiger partial charge in [0.1, 0.15) is 0 Å². The van der Waals surface area contributed by atoms with Crippen molar-refractivity contribution in [2.24, 2.45) is 10.7 Å². The molecule has 86 valence electrons. The highest BCUT2D eigenvalue weighted by atomic mass is 16.1. The molecule has 0 aromatic heterocycles. The quantitative estimate of drug-likeness (QED) is 0.452. The lowest BCUT2D eigenvalue weighted by Gasteiger charge is -2.11. The van der Waals surface area contributed by atoms with Gasteiger partial charge in [-0.15, -0.1) is 0 Å². The first-order valence-electron chi connectivity index (χ1n) is 5.49. The average molecular weight is 212 g/mol. The minimum Gasteiger partial charge on any atom is -0.370 e. The van der Waals surface area contributed by atoms with Crippen molar-refractivity contribution in [3.05, 3.63) is 0 Å². The zero-order chi connectivity index (χ0) is 11.1. The Labute approximate surface area is 90.5 Å². The molecule has 5 heteroatoms. The Hall–Kier alpha value is -1.26. The molecule has 0 aliphatic heterocycles. The molecule has 1 rings (SSSR count). The summed E-state index contributed by atoms with van der Waals surface area (Å²) in [6.45, 7) is 0.450. The molecule has 1 amide bonds. The predicted molar refractivity (Wildman–Crippen MR) is 60.6 cm³/mol. The van der Waals surface area contributed by atoms with Crippen molar-refractivity contribution >= 4 is 11.9 Å². The molecule has 0 saturated heterocycles. The standard InChI is InChI=1S/C10H20N4O/c1-12-9(15)6-7-13-10(11)14-8-4-2-3-5-8/h8H,2-7H2,1H3,(H,12,15)(H3,11,13,14). The van der Waals surface area contributed by atoms with E-state index in [9.17, 15) is 4.79 Å². The summed E-state index contributed by atoms with van der Waals surface area (Å²) in [6, 6.07) is 0.480. The van der Waals surface area contributed by atoms with Crippen molar-refractivity contribution in [2.75, 3.05) is 13.6 Å². The van der Waals surface area contributed by atoms with E-state index in [1.807, 2.05) is 0 Å². The van der Waals surface area contributed by atoms with Gasteiger partial charge >= 0.3 is 0 Å². The summed E-state index contributed by atoms with van der Waals surface area (Å²) in [5.41, 5.74) is 5.69. The Balaban J connectivity index is 2.17. The van der Waals surface area contributed by atoms with Crippen LogP contribution in [-0.2, 0) is 4.79 Å². The Morgan fingerprint density at radius 1 is 1.47 bits per heavy atom. The maximum Gasteiger partial charge on any atom is 0.221 e. The van der Waals surface area contributed by atoms with E-state index in [1.165, 1.54) is 25.7 Å². The third-order valence-electron chi connectivity index (χ3n) is 2.61. The number of aliphatic imine (C=N–C) groups is 1. The van der Waals surface area contributed by atoms with E-state index < -0.39 is 0 Å². The van der Waals surface area contributed by atoms with E-state index >= 15 is 0 Å². The van der Waals surface area contributed by atoms with Crippen LogP contribution < -0.4 is 16.4 Å². The van der Waals surface area contributed by atoms with Gasteiger partial charge in [0, 0.05) is 19.5 Å². The van der Waals surface area contributed by atoms with Crippen LogP contribution >= 0.6 is 0 Å². The lowest BCUT2D eigenvalue weighted by Crippen LogP contribution is -2.38. The monoisotopic (exact) mass is 212 g/mol. The van der Waals surface area contributed by atoms with Gasteiger partial charge in [-0.3, -0.25) is 9.79 Å². The van der Waals surface area contributed by atoms with Gasteiger partial charge < -0.3 is 16.4 Å². The SMILES string of the molecule is CNC(=O)CCN=C(N)NC1CCCC1. The maximum absolute atomic E-state index is 10.9. The molecule has 1 saturated carbocycles. The van der Waals surface area contributed by atoms with E-state index in [1.54, 1.807) is 7.05 Å². The highest BCUT2D eigenvalue weighted by molar-refractivity contribution is 5.79. The Morgan fingerprint density at radius 2 is 2.13 bits per heavy atom. The van der Waals surface area contributed by atoms with Crippen LogP contribution in [0.15, 0.2) is 4.99 Å². The van der Waals surface area contributed by atoms with Gasteiger partial charge in [-0.1, -0.05) is 12.8 Å². The number of carbonyl (C=O) groups excluding carboxylic acids is 1. The number of guanidine groups is 1. The van der Waals surface area contributed by atoms with Crippen LogP contribution in [0.5, 0.6) is 0 Å². The number of nitrogens with two attached hydrogens (primary N) is 1. The van der Waals surface area contributed by atoms with Gasteiger partial charge in [0.2, 0.25) is 5.91 Å². The Bertz CT molecular complexity index is 234. The van der Waals surface area contributed by atoms with E-state index in [0.717, 1.165) is 0 Å². The molecular formula is C10H20N4O. The lowest BCUT2D eigenvalue weighted by molar-refractivity contribution is -0.120. The second-order valence-corrected chi connectivity index (χ2v) is 3.82.